The molecule has 2 aromatic heterocycles. The molecule has 0 saturated heterocycles. The van der Waals surface area contributed by atoms with Crippen molar-refractivity contribution in [2.45, 2.75) is 13.0 Å². The van der Waals surface area contributed by atoms with Crippen molar-refractivity contribution in [3.8, 4) is 0 Å². The van der Waals surface area contributed by atoms with Crippen molar-refractivity contribution in [3.63, 3.8) is 0 Å². The number of rotatable bonds is 3. The van der Waals surface area contributed by atoms with E-state index in [0.717, 1.165) is 28.6 Å². The summed E-state index contributed by atoms with van der Waals surface area (Å²) in [6.07, 6.45) is 2.35. The molecule has 4 aromatic rings. The third kappa shape index (κ3) is 2.76. The molecule has 0 saturated carbocycles. The van der Waals surface area contributed by atoms with Gasteiger partial charge in [0.05, 0.1) is 28.5 Å². The van der Waals surface area contributed by atoms with Crippen LogP contribution in [0, 0.1) is 10.1 Å². The predicted molar refractivity (Wildman–Crippen MR) is 113 cm³/mol. The van der Waals surface area contributed by atoms with Gasteiger partial charge in [0.1, 0.15) is 5.69 Å². The van der Waals surface area contributed by atoms with Gasteiger partial charge in [-0.2, -0.15) is 0 Å². The molecule has 8 nitrogen and oxygen atoms in total. The van der Waals surface area contributed by atoms with Crippen molar-refractivity contribution >= 4 is 39.1 Å². The van der Waals surface area contributed by atoms with Gasteiger partial charge in [-0.05, 0) is 42.5 Å². The van der Waals surface area contributed by atoms with Gasteiger partial charge >= 0.3 is 11.7 Å². The number of aromatic nitrogens is 2. The molecule has 3 heterocycles. The van der Waals surface area contributed by atoms with E-state index in [9.17, 15) is 14.9 Å². The third-order valence-electron chi connectivity index (χ3n) is 5.65. The Morgan fingerprint density at radius 1 is 1.23 bits per heavy atom. The van der Waals surface area contributed by atoms with Gasteiger partial charge < -0.3 is 14.6 Å². The molecule has 0 spiro atoms. The number of benzene rings is 2. The molecule has 1 aliphatic rings. The van der Waals surface area contributed by atoms with Crippen molar-refractivity contribution in [1.82, 2.24) is 9.97 Å². The van der Waals surface area contributed by atoms with Crippen LogP contribution in [-0.2, 0) is 17.7 Å². The van der Waals surface area contributed by atoms with Crippen LogP contribution in [0.25, 0.3) is 21.8 Å². The van der Waals surface area contributed by atoms with E-state index in [1.165, 1.54) is 7.11 Å². The summed E-state index contributed by atoms with van der Waals surface area (Å²) in [5.74, 6) is -0.391. The zero-order valence-electron chi connectivity index (χ0n) is 16.2. The Morgan fingerprint density at radius 3 is 2.90 bits per heavy atom. The maximum absolute atomic E-state index is 12.0. The Labute approximate surface area is 171 Å². The minimum absolute atomic E-state index is 0.0686. The van der Waals surface area contributed by atoms with E-state index in [0.29, 0.717) is 35.2 Å². The van der Waals surface area contributed by atoms with Crippen molar-refractivity contribution in [2.24, 2.45) is 0 Å². The fourth-order valence-corrected chi connectivity index (χ4v) is 4.24. The number of hydrogen-bond acceptors (Lipinski definition) is 6. The van der Waals surface area contributed by atoms with Gasteiger partial charge in [0, 0.05) is 47.9 Å². The van der Waals surface area contributed by atoms with E-state index < -0.39 is 5.97 Å². The molecular weight excluding hydrogens is 384 g/mol. The number of nitro groups is 1. The smallest absolute Gasteiger partial charge is 0.337 e. The molecule has 150 valence electrons. The van der Waals surface area contributed by atoms with Crippen LogP contribution in [0.4, 0.5) is 11.4 Å². The average Bonchev–Trinajstić information content (AvgIpc) is 3.14. The van der Waals surface area contributed by atoms with Gasteiger partial charge in [-0.15, -0.1) is 0 Å². The zero-order valence-corrected chi connectivity index (χ0v) is 16.2. The molecule has 0 amide bonds. The number of hydrogen-bond donors (Lipinski definition) is 1. The monoisotopic (exact) mass is 402 g/mol. The SMILES string of the molecule is COC(=O)c1ccc2[nH]c3c(c2c1)CN(c1ccc2ncccc2c1[N+](=O)[O-])CC3. The first-order valence-electron chi connectivity index (χ1n) is 9.55. The summed E-state index contributed by atoms with van der Waals surface area (Å²) in [6.45, 7) is 1.16. The lowest BCUT2D eigenvalue weighted by atomic mass is 10.0. The molecule has 0 radical (unpaired) electrons. The van der Waals surface area contributed by atoms with Crippen LogP contribution in [0.5, 0.6) is 0 Å². The molecule has 5 rings (SSSR count). The maximum atomic E-state index is 12.0. The fraction of sp³-hybridized carbons (Fsp3) is 0.182. The van der Waals surface area contributed by atoms with E-state index in [4.69, 9.17) is 4.74 Å². The Bertz CT molecular complexity index is 1330. The highest BCUT2D eigenvalue weighted by Crippen LogP contribution is 2.38. The first kappa shape index (κ1) is 18.1. The lowest BCUT2D eigenvalue weighted by Gasteiger charge is -2.29. The van der Waals surface area contributed by atoms with Crippen LogP contribution in [0.15, 0.2) is 48.7 Å². The van der Waals surface area contributed by atoms with Crippen LogP contribution in [0.3, 0.4) is 0 Å². The summed E-state index contributed by atoms with van der Waals surface area (Å²) >= 11 is 0. The Balaban J connectivity index is 1.61. The van der Waals surface area contributed by atoms with Crippen molar-refractivity contribution in [2.75, 3.05) is 18.6 Å². The lowest BCUT2D eigenvalue weighted by molar-refractivity contribution is -0.382. The van der Waals surface area contributed by atoms with E-state index in [-0.39, 0.29) is 10.6 Å². The summed E-state index contributed by atoms with van der Waals surface area (Å²) in [4.78, 5) is 33.2. The second-order valence-corrected chi connectivity index (χ2v) is 7.27. The van der Waals surface area contributed by atoms with Crippen LogP contribution < -0.4 is 4.90 Å². The fourth-order valence-electron chi connectivity index (χ4n) is 4.24. The van der Waals surface area contributed by atoms with Gasteiger partial charge in [-0.3, -0.25) is 15.1 Å². The van der Waals surface area contributed by atoms with E-state index >= 15 is 0 Å². The number of aromatic amines is 1. The van der Waals surface area contributed by atoms with Gasteiger partial charge in [-0.25, -0.2) is 4.79 Å². The zero-order chi connectivity index (χ0) is 20.8. The first-order valence-corrected chi connectivity index (χ1v) is 9.55. The number of methoxy groups -OCH3 is 1. The highest BCUT2D eigenvalue weighted by Gasteiger charge is 2.28. The number of carbonyl (C=O) groups is 1. The van der Waals surface area contributed by atoms with Crippen LogP contribution in [0.2, 0.25) is 0 Å². The number of nitrogens with one attached hydrogen (secondary N) is 1. The average molecular weight is 402 g/mol. The molecule has 1 aliphatic heterocycles. The van der Waals surface area contributed by atoms with Gasteiger partial charge in [-0.1, -0.05) is 0 Å². The quantitative estimate of drug-likeness (QED) is 0.316. The molecule has 0 bridgehead atoms. The lowest BCUT2D eigenvalue weighted by Crippen LogP contribution is -2.30. The summed E-state index contributed by atoms with van der Waals surface area (Å²) in [7, 11) is 1.36. The first-order chi connectivity index (χ1) is 14.6. The highest BCUT2D eigenvalue weighted by molar-refractivity contribution is 5.97. The van der Waals surface area contributed by atoms with Gasteiger partial charge in [0.2, 0.25) is 0 Å². The molecule has 0 unspecified atom stereocenters. The van der Waals surface area contributed by atoms with Crippen LogP contribution >= 0.6 is 0 Å². The number of carbonyl (C=O) groups excluding carboxylic acids is 1. The summed E-state index contributed by atoms with van der Waals surface area (Å²) in [6, 6.07) is 12.4. The van der Waals surface area contributed by atoms with Crippen molar-refractivity contribution < 1.29 is 14.5 Å². The molecule has 0 atom stereocenters. The molecule has 0 fully saturated rings. The second kappa shape index (κ2) is 6.84. The Kier molecular flexibility index (Phi) is 4.13. The normalized spacial score (nSPS) is 13.4. The molecule has 2 aromatic carbocycles. The number of pyridine rings is 1. The number of H-pyrrole nitrogens is 1. The molecular formula is C22H18N4O4. The van der Waals surface area contributed by atoms with Crippen molar-refractivity contribution in [3.05, 3.63) is 75.6 Å². The third-order valence-corrected chi connectivity index (χ3v) is 5.65. The number of nitrogens with zero attached hydrogens (tertiary/aromatic N) is 3. The topological polar surface area (TPSA) is 101 Å². The molecule has 30 heavy (non-hydrogen) atoms. The standard InChI is InChI=1S/C22H18N4O4/c1-30-22(27)13-4-5-18-15(11-13)16-12-25(10-8-19(16)24-18)20-7-6-17-14(3-2-9-23-17)21(20)26(28)29/h2-7,9,11,24H,8,10,12H2,1H3. The van der Waals surface area contributed by atoms with Crippen LogP contribution in [-0.4, -0.2) is 34.5 Å². The highest BCUT2D eigenvalue weighted by atomic mass is 16.6. The van der Waals surface area contributed by atoms with Gasteiger partial charge in [0.25, 0.3) is 0 Å². The Morgan fingerprint density at radius 2 is 2.10 bits per heavy atom. The molecule has 0 aliphatic carbocycles. The largest absolute Gasteiger partial charge is 0.465 e. The summed E-state index contributed by atoms with van der Waals surface area (Å²) in [5.41, 5.74) is 4.79. The number of anilines is 1. The number of esters is 1. The van der Waals surface area contributed by atoms with E-state index in [2.05, 4.69) is 9.97 Å². The van der Waals surface area contributed by atoms with Crippen LogP contribution in [0.1, 0.15) is 21.6 Å². The summed E-state index contributed by atoms with van der Waals surface area (Å²) < 4.78 is 4.84. The molecule has 1 N–H and O–H groups in total. The minimum atomic E-state index is -0.391. The minimum Gasteiger partial charge on any atom is -0.465 e. The number of ether oxygens (including phenoxy) is 1. The second-order valence-electron chi connectivity index (χ2n) is 7.27. The maximum Gasteiger partial charge on any atom is 0.337 e. The number of nitro benzene ring substituents is 1. The molecule has 8 heteroatoms. The van der Waals surface area contributed by atoms with E-state index in [1.54, 1.807) is 30.5 Å². The van der Waals surface area contributed by atoms with Gasteiger partial charge in [0.15, 0.2) is 0 Å². The van der Waals surface area contributed by atoms with E-state index in [1.807, 2.05) is 23.1 Å². The summed E-state index contributed by atoms with van der Waals surface area (Å²) in [5, 5.41) is 13.4. The van der Waals surface area contributed by atoms with Crippen molar-refractivity contribution in [1.29, 1.82) is 0 Å². The number of fused-ring (bicyclic) bond motifs is 4. The Hall–Kier alpha value is -3.94. The predicted octanol–water partition coefficient (Wildman–Crippen LogP) is 3.97.